The number of nitrogens with one attached hydrogen (secondary N) is 3. The van der Waals surface area contributed by atoms with E-state index < -0.39 is 0 Å². The predicted octanol–water partition coefficient (Wildman–Crippen LogP) is 3.91. The maximum atomic E-state index is 12.1. The number of ether oxygens (including phenoxy) is 1. The lowest BCUT2D eigenvalue weighted by molar-refractivity contribution is -0.114. The van der Waals surface area contributed by atoms with E-state index in [1.807, 2.05) is 31.2 Å². The molecule has 3 N–H and O–H groups in total. The number of hydrogen-bond donors (Lipinski definition) is 3. The van der Waals surface area contributed by atoms with Crippen LogP contribution in [-0.4, -0.2) is 31.5 Å². The smallest absolute Gasteiger partial charge is 0.251 e. The minimum atomic E-state index is -0.152. The van der Waals surface area contributed by atoms with Gasteiger partial charge in [0.1, 0.15) is 5.75 Å². The molecule has 0 spiro atoms. The third-order valence-electron chi connectivity index (χ3n) is 4.04. The van der Waals surface area contributed by atoms with Crippen LogP contribution in [0, 0.1) is 5.92 Å². The lowest BCUT2D eigenvalue weighted by Gasteiger charge is -2.10. The summed E-state index contributed by atoms with van der Waals surface area (Å²) in [5, 5.41) is 8.63. The highest BCUT2D eigenvalue weighted by Crippen LogP contribution is 2.16. The third-order valence-corrected chi connectivity index (χ3v) is 4.04. The Bertz CT molecular complexity index is 756. The van der Waals surface area contributed by atoms with Gasteiger partial charge in [-0.2, -0.15) is 0 Å². The number of anilines is 2. The molecule has 28 heavy (non-hydrogen) atoms. The van der Waals surface area contributed by atoms with E-state index >= 15 is 0 Å². The molecule has 2 rings (SSSR count). The molecule has 0 heterocycles. The van der Waals surface area contributed by atoms with Crippen LogP contribution in [0.2, 0.25) is 0 Å². The summed E-state index contributed by atoms with van der Waals surface area (Å²) in [6.45, 7) is 7.60. The molecule has 0 saturated heterocycles. The molecule has 0 aromatic heterocycles. The molecule has 0 atom stereocenters. The van der Waals surface area contributed by atoms with Crippen molar-refractivity contribution in [3.8, 4) is 5.75 Å². The summed E-state index contributed by atoms with van der Waals surface area (Å²) in [4.78, 5) is 23.8. The minimum absolute atomic E-state index is 0.108. The van der Waals surface area contributed by atoms with Crippen LogP contribution in [0.25, 0.3) is 0 Å². The van der Waals surface area contributed by atoms with Crippen molar-refractivity contribution in [3.05, 3.63) is 54.1 Å². The van der Waals surface area contributed by atoms with Crippen LogP contribution in [0.5, 0.6) is 5.75 Å². The van der Waals surface area contributed by atoms with E-state index in [0.717, 1.165) is 23.5 Å². The fraction of sp³-hybridized carbons (Fsp3) is 0.364. The van der Waals surface area contributed by atoms with Crippen LogP contribution < -0.4 is 20.7 Å². The number of rotatable bonds is 10. The Kier molecular flexibility index (Phi) is 8.34. The molecule has 0 aliphatic rings. The Balaban J connectivity index is 1.77. The summed E-state index contributed by atoms with van der Waals surface area (Å²) < 4.78 is 5.67. The number of hydrogen-bond acceptors (Lipinski definition) is 4. The van der Waals surface area contributed by atoms with Crippen LogP contribution in [0.3, 0.4) is 0 Å². The van der Waals surface area contributed by atoms with Gasteiger partial charge in [0.25, 0.3) is 5.91 Å². The van der Waals surface area contributed by atoms with Gasteiger partial charge in [-0.1, -0.05) is 13.8 Å². The summed E-state index contributed by atoms with van der Waals surface area (Å²) in [7, 11) is 0. The molecule has 2 aromatic carbocycles. The Hall–Kier alpha value is -3.02. The minimum Gasteiger partial charge on any atom is -0.494 e. The lowest BCUT2D eigenvalue weighted by Crippen LogP contribution is -2.23. The number of carbonyl (C=O) groups excluding carboxylic acids is 2. The van der Waals surface area contributed by atoms with Crippen molar-refractivity contribution in [2.45, 2.75) is 27.2 Å². The zero-order valence-electron chi connectivity index (χ0n) is 16.7. The van der Waals surface area contributed by atoms with E-state index in [-0.39, 0.29) is 18.4 Å². The molecule has 0 fully saturated rings. The second-order valence-corrected chi connectivity index (χ2v) is 6.89. The maximum Gasteiger partial charge on any atom is 0.251 e. The van der Waals surface area contributed by atoms with Gasteiger partial charge >= 0.3 is 0 Å². The predicted molar refractivity (Wildman–Crippen MR) is 113 cm³/mol. The van der Waals surface area contributed by atoms with E-state index in [4.69, 9.17) is 4.74 Å². The highest BCUT2D eigenvalue weighted by atomic mass is 16.5. The van der Waals surface area contributed by atoms with Crippen molar-refractivity contribution < 1.29 is 14.3 Å². The molecular formula is C22H29N3O3. The Morgan fingerprint density at radius 1 is 0.964 bits per heavy atom. The average Bonchev–Trinajstić information content (AvgIpc) is 2.68. The maximum absolute atomic E-state index is 12.1. The molecule has 6 nitrogen and oxygen atoms in total. The van der Waals surface area contributed by atoms with Gasteiger partial charge in [-0.05, 0) is 67.8 Å². The molecule has 0 aliphatic carbocycles. The Morgan fingerprint density at radius 3 is 2.21 bits per heavy atom. The van der Waals surface area contributed by atoms with Gasteiger partial charge < -0.3 is 20.7 Å². The van der Waals surface area contributed by atoms with E-state index in [0.29, 0.717) is 24.6 Å². The van der Waals surface area contributed by atoms with Gasteiger partial charge in [-0.3, -0.25) is 9.59 Å². The average molecular weight is 383 g/mol. The first-order valence-electron chi connectivity index (χ1n) is 9.62. The molecule has 0 unspecified atom stereocenters. The first-order valence-corrected chi connectivity index (χ1v) is 9.62. The summed E-state index contributed by atoms with van der Waals surface area (Å²) in [6, 6.07) is 14.4. The summed E-state index contributed by atoms with van der Waals surface area (Å²) >= 11 is 0. The molecule has 2 aromatic rings. The fourth-order valence-electron chi connectivity index (χ4n) is 2.44. The van der Waals surface area contributed by atoms with Crippen LogP contribution in [0.1, 0.15) is 37.6 Å². The molecule has 6 heteroatoms. The normalized spacial score (nSPS) is 10.4. The summed E-state index contributed by atoms with van der Waals surface area (Å²) in [5.74, 6) is 1.14. The fourth-order valence-corrected chi connectivity index (χ4v) is 2.44. The van der Waals surface area contributed by atoms with E-state index in [1.54, 1.807) is 24.3 Å². The highest BCUT2D eigenvalue weighted by Gasteiger charge is 2.06. The van der Waals surface area contributed by atoms with E-state index in [2.05, 4.69) is 29.8 Å². The van der Waals surface area contributed by atoms with Crippen molar-refractivity contribution in [3.63, 3.8) is 0 Å². The second kappa shape index (κ2) is 11.0. The second-order valence-electron chi connectivity index (χ2n) is 6.89. The quantitative estimate of drug-likeness (QED) is 0.581. The molecule has 0 aliphatic heterocycles. The molecule has 150 valence electrons. The van der Waals surface area contributed by atoms with Gasteiger partial charge in [-0.25, -0.2) is 0 Å². The van der Waals surface area contributed by atoms with E-state index in [9.17, 15) is 9.59 Å². The van der Waals surface area contributed by atoms with Gasteiger partial charge in [0, 0.05) is 23.5 Å². The summed E-state index contributed by atoms with van der Waals surface area (Å²) in [6.07, 6.45) is 1.01. The third kappa shape index (κ3) is 7.31. The van der Waals surface area contributed by atoms with Crippen molar-refractivity contribution in [1.82, 2.24) is 5.32 Å². The molecular weight excluding hydrogens is 354 g/mol. The Morgan fingerprint density at radius 2 is 1.61 bits per heavy atom. The van der Waals surface area contributed by atoms with Gasteiger partial charge in [0.05, 0.1) is 13.2 Å². The molecule has 2 amide bonds. The number of carbonyl (C=O) groups is 2. The lowest BCUT2D eigenvalue weighted by atomic mass is 10.1. The SMILES string of the molecule is CCNC(=O)c1ccc(NCC(=O)Nc2ccc(OCCC(C)C)cc2)cc1. The number of benzene rings is 2. The molecule has 0 bridgehead atoms. The largest absolute Gasteiger partial charge is 0.494 e. The summed E-state index contributed by atoms with van der Waals surface area (Å²) in [5.41, 5.74) is 2.08. The topological polar surface area (TPSA) is 79.5 Å². The Labute approximate surface area is 166 Å². The van der Waals surface area contributed by atoms with Crippen molar-refractivity contribution in [2.24, 2.45) is 5.92 Å². The first kappa shape index (κ1) is 21.3. The van der Waals surface area contributed by atoms with Crippen molar-refractivity contribution in [2.75, 3.05) is 30.3 Å². The zero-order chi connectivity index (χ0) is 20.4. The first-order chi connectivity index (χ1) is 13.5. The standard InChI is InChI=1S/C22H29N3O3/c1-4-23-22(27)17-5-7-18(8-6-17)24-15-21(26)25-19-9-11-20(12-10-19)28-14-13-16(2)3/h5-12,16,24H,4,13-15H2,1-3H3,(H,23,27)(H,25,26). The zero-order valence-corrected chi connectivity index (χ0v) is 16.7. The molecule has 0 saturated carbocycles. The van der Waals surface area contributed by atoms with Crippen molar-refractivity contribution >= 4 is 23.2 Å². The van der Waals surface area contributed by atoms with Crippen molar-refractivity contribution in [1.29, 1.82) is 0 Å². The van der Waals surface area contributed by atoms with Gasteiger partial charge in [0.2, 0.25) is 5.91 Å². The van der Waals surface area contributed by atoms with Gasteiger partial charge in [-0.15, -0.1) is 0 Å². The molecule has 0 radical (unpaired) electrons. The van der Waals surface area contributed by atoms with Crippen LogP contribution >= 0.6 is 0 Å². The van der Waals surface area contributed by atoms with Crippen LogP contribution in [-0.2, 0) is 4.79 Å². The monoisotopic (exact) mass is 383 g/mol. The number of amides is 2. The highest BCUT2D eigenvalue weighted by molar-refractivity contribution is 5.95. The van der Waals surface area contributed by atoms with Gasteiger partial charge in [0.15, 0.2) is 0 Å². The van der Waals surface area contributed by atoms with Crippen LogP contribution in [0.15, 0.2) is 48.5 Å². The van der Waals surface area contributed by atoms with Crippen LogP contribution in [0.4, 0.5) is 11.4 Å². The van der Waals surface area contributed by atoms with E-state index in [1.165, 1.54) is 0 Å².